The Hall–Kier alpha value is -2.67. The zero-order chi connectivity index (χ0) is 23.0. The molecular formula is C24H30O6S. The molecule has 6 nitrogen and oxygen atoms in total. The van der Waals surface area contributed by atoms with Crippen LogP contribution in [0.2, 0.25) is 0 Å². The Labute approximate surface area is 187 Å². The second-order valence-electron chi connectivity index (χ2n) is 8.10. The summed E-state index contributed by atoms with van der Waals surface area (Å²) in [6.07, 6.45) is 1.53. The number of hydrogen-bond acceptors (Lipinski definition) is 7. The van der Waals surface area contributed by atoms with Crippen LogP contribution in [0.25, 0.3) is 0 Å². The minimum Gasteiger partial charge on any atom is -0.507 e. The van der Waals surface area contributed by atoms with Crippen molar-refractivity contribution < 1.29 is 29.3 Å². The van der Waals surface area contributed by atoms with Crippen LogP contribution in [0.3, 0.4) is 0 Å². The minimum atomic E-state index is -0.478. The summed E-state index contributed by atoms with van der Waals surface area (Å²) in [4.78, 5) is 25.3. The van der Waals surface area contributed by atoms with E-state index in [1.807, 2.05) is 27.7 Å². The van der Waals surface area contributed by atoms with Gasteiger partial charge in [0.2, 0.25) is 0 Å². The normalized spacial score (nSPS) is 11.0. The van der Waals surface area contributed by atoms with Crippen LogP contribution in [0, 0.1) is 11.8 Å². The summed E-state index contributed by atoms with van der Waals surface area (Å²) in [7, 11) is 0. The monoisotopic (exact) mass is 446 g/mol. The maximum atomic E-state index is 12.3. The highest BCUT2D eigenvalue weighted by molar-refractivity contribution is 7.99. The molecule has 2 aromatic carbocycles. The number of esters is 2. The summed E-state index contributed by atoms with van der Waals surface area (Å²) in [5.74, 6) is -0.207. The fraction of sp³-hybridized carbons (Fsp3) is 0.417. The van der Waals surface area contributed by atoms with Crippen LogP contribution in [-0.2, 0) is 9.47 Å². The van der Waals surface area contributed by atoms with E-state index in [0.717, 1.165) is 24.6 Å². The Balaban J connectivity index is 2.14. The third kappa shape index (κ3) is 7.83. The van der Waals surface area contributed by atoms with Crippen molar-refractivity contribution in [2.24, 2.45) is 11.8 Å². The second-order valence-corrected chi connectivity index (χ2v) is 9.19. The number of phenols is 2. The number of hydrogen-bond donors (Lipinski definition) is 2. The van der Waals surface area contributed by atoms with E-state index in [9.17, 15) is 19.8 Å². The molecular weight excluding hydrogens is 416 g/mol. The van der Waals surface area contributed by atoms with E-state index in [2.05, 4.69) is 0 Å². The highest BCUT2D eigenvalue weighted by Crippen LogP contribution is 2.39. The third-order valence-electron chi connectivity index (χ3n) is 4.47. The van der Waals surface area contributed by atoms with E-state index in [-0.39, 0.29) is 11.5 Å². The van der Waals surface area contributed by atoms with Crippen LogP contribution >= 0.6 is 11.8 Å². The third-order valence-corrected chi connectivity index (χ3v) is 5.56. The predicted molar refractivity (Wildman–Crippen MR) is 120 cm³/mol. The van der Waals surface area contributed by atoms with Crippen LogP contribution in [0.15, 0.2) is 46.2 Å². The van der Waals surface area contributed by atoms with Crippen molar-refractivity contribution >= 4 is 23.7 Å². The SMILES string of the molecule is CC(C)CCOC(=O)c1ccc(O)c(Sc2cc(C(=O)OCCC(C)C)ccc2O)c1. The van der Waals surface area contributed by atoms with Gasteiger partial charge in [-0.2, -0.15) is 0 Å². The molecule has 2 aromatic rings. The molecule has 0 heterocycles. The van der Waals surface area contributed by atoms with E-state index < -0.39 is 11.9 Å². The Bertz CT molecular complexity index is 833. The number of ether oxygens (including phenoxy) is 2. The van der Waals surface area contributed by atoms with E-state index in [4.69, 9.17) is 9.47 Å². The zero-order valence-electron chi connectivity index (χ0n) is 18.4. The first-order valence-corrected chi connectivity index (χ1v) is 11.2. The smallest absolute Gasteiger partial charge is 0.338 e. The second kappa shape index (κ2) is 11.6. The van der Waals surface area contributed by atoms with Crippen LogP contribution in [0.4, 0.5) is 0 Å². The standard InChI is InChI=1S/C24H30O6S/c1-15(2)9-11-29-23(27)17-5-7-19(25)21(13-17)31-22-14-18(6-8-20(22)26)24(28)30-12-10-16(3)4/h5-8,13-16,25-26H,9-12H2,1-4H3. The van der Waals surface area contributed by atoms with Gasteiger partial charge in [-0.25, -0.2) is 9.59 Å². The molecule has 31 heavy (non-hydrogen) atoms. The van der Waals surface area contributed by atoms with Crippen molar-refractivity contribution in [2.75, 3.05) is 13.2 Å². The molecule has 0 aromatic heterocycles. The minimum absolute atomic E-state index is 0.0481. The van der Waals surface area contributed by atoms with E-state index in [1.54, 1.807) is 0 Å². The quantitative estimate of drug-likeness (QED) is 0.455. The molecule has 0 saturated heterocycles. The molecule has 7 heteroatoms. The van der Waals surface area contributed by atoms with Gasteiger partial charge in [-0.05, 0) is 61.1 Å². The number of phenolic OH excluding ortho intramolecular Hbond substituents is 2. The summed E-state index contributed by atoms with van der Waals surface area (Å²) >= 11 is 1.05. The average Bonchev–Trinajstić information content (AvgIpc) is 2.70. The number of rotatable bonds is 10. The Morgan fingerprint density at radius 3 is 1.52 bits per heavy atom. The van der Waals surface area contributed by atoms with Gasteiger partial charge >= 0.3 is 11.9 Å². The molecule has 0 bridgehead atoms. The van der Waals surface area contributed by atoms with Crippen LogP contribution in [-0.4, -0.2) is 35.4 Å². The number of carbonyl (C=O) groups excluding carboxylic acids is 2. The molecule has 0 amide bonds. The first kappa shape index (κ1) is 24.6. The predicted octanol–water partition coefficient (Wildman–Crippen LogP) is 5.65. The van der Waals surface area contributed by atoms with Gasteiger partial charge in [-0.1, -0.05) is 39.5 Å². The number of carbonyl (C=O) groups is 2. The van der Waals surface area contributed by atoms with Gasteiger partial charge in [0.15, 0.2) is 0 Å². The molecule has 0 spiro atoms. The first-order chi connectivity index (χ1) is 14.7. The molecule has 0 fully saturated rings. The summed E-state index contributed by atoms with van der Waals surface area (Å²) < 4.78 is 10.5. The van der Waals surface area contributed by atoms with Crippen LogP contribution < -0.4 is 0 Å². The van der Waals surface area contributed by atoms with Gasteiger partial charge in [0.25, 0.3) is 0 Å². The lowest BCUT2D eigenvalue weighted by Crippen LogP contribution is -2.08. The molecule has 0 atom stereocenters. The van der Waals surface area contributed by atoms with Crippen molar-refractivity contribution in [1.29, 1.82) is 0 Å². The lowest BCUT2D eigenvalue weighted by Gasteiger charge is -2.11. The van der Waals surface area contributed by atoms with Crippen molar-refractivity contribution in [3.63, 3.8) is 0 Å². The van der Waals surface area contributed by atoms with E-state index in [0.29, 0.717) is 46.0 Å². The Morgan fingerprint density at radius 1 is 0.774 bits per heavy atom. The number of aromatic hydroxyl groups is 2. The Kier molecular flexibility index (Phi) is 9.24. The highest BCUT2D eigenvalue weighted by atomic mass is 32.2. The van der Waals surface area contributed by atoms with Crippen molar-refractivity contribution in [3.8, 4) is 11.5 Å². The molecule has 0 unspecified atom stereocenters. The maximum Gasteiger partial charge on any atom is 0.338 e. The molecule has 0 aliphatic heterocycles. The summed E-state index contributed by atoms with van der Waals surface area (Å²) in [6, 6.07) is 8.79. The summed E-state index contributed by atoms with van der Waals surface area (Å²) in [6.45, 7) is 8.82. The molecule has 0 radical (unpaired) electrons. The molecule has 2 rings (SSSR count). The number of benzene rings is 2. The first-order valence-electron chi connectivity index (χ1n) is 10.4. The average molecular weight is 447 g/mol. The van der Waals surface area contributed by atoms with Gasteiger partial charge in [-0.15, -0.1) is 0 Å². The molecule has 2 N–H and O–H groups in total. The van der Waals surface area contributed by atoms with Crippen LogP contribution in [0.5, 0.6) is 11.5 Å². The van der Waals surface area contributed by atoms with Gasteiger partial charge < -0.3 is 19.7 Å². The van der Waals surface area contributed by atoms with E-state index >= 15 is 0 Å². The van der Waals surface area contributed by atoms with Gasteiger partial charge in [-0.3, -0.25) is 0 Å². The summed E-state index contributed by atoms with van der Waals surface area (Å²) in [5, 5.41) is 20.4. The maximum absolute atomic E-state index is 12.3. The lowest BCUT2D eigenvalue weighted by molar-refractivity contribution is 0.0478. The topological polar surface area (TPSA) is 93.1 Å². The van der Waals surface area contributed by atoms with Crippen LogP contribution in [0.1, 0.15) is 61.3 Å². The Morgan fingerprint density at radius 2 is 1.16 bits per heavy atom. The summed E-state index contributed by atoms with van der Waals surface area (Å²) in [5.41, 5.74) is 0.598. The zero-order valence-corrected chi connectivity index (χ0v) is 19.2. The molecule has 168 valence electrons. The molecule has 0 aliphatic rings. The molecule has 0 saturated carbocycles. The fourth-order valence-corrected chi connectivity index (χ4v) is 3.46. The van der Waals surface area contributed by atoms with Gasteiger partial charge in [0.1, 0.15) is 11.5 Å². The largest absolute Gasteiger partial charge is 0.507 e. The molecule has 0 aliphatic carbocycles. The van der Waals surface area contributed by atoms with Gasteiger partial charge in [0.05, 0.1) is 34.1 Å². The van der Waals surface area contributed by atoms with Crippen molar-refractivity contribution in [2.45, 2.75) is 50.3 Å². The van der Waals surface area contributed by atoms with Crippen molar-refractivity contribution in [1.82, 2.24) is 0 Å². The lowest BCUT2D eigenvalue weighted by atomic mass is 10.1. The fourth-order valence-electron chi connectivity index (χ4n) is 2.51. The van der Waals surface area contributed by atoms with Crippen molar-refractivity contribution in [3.05, 3.63) is 47.5 Å². The highest BCUT2D eigenvalue weighted by Gasteiger charge is 2.16. The van der Waals surface area contributed by atoms with E-state index in [1.165, 1.54) is 36.4 Å². The van der Waals surface area contributed by atoms with Gasteiger partial charge in [0, 0.05) is 0 Å².